The van der Waals surface area contributed by atoms with Crippen LogP contribution in [0.1, 0.15) is 29.3 Å². The summed E-state index contributed by atoms with van der Waals surface area (Å²) in [5.41, 5.74) is 0.419. The molecule has 0 aromatic heterocycles. The summed E-state index contributed by atoms with van der Waals surface area (Å²) in [6.45, 7) is 1.71. The fraction of sp³-hybridized carbons (Fsp3) is 0.300. The van der Waals surface area contributed by atoms with Gasteiger partial charge < -0.3 is 0 Å². The molecule has 0 aliphatic carbocycles. The highest BCUT2D eigenvalue weighted by Crippen LogP contribution is 2.24. The molecule has 1 unspecified atom stereocenters. The van der Waals surface area contributed by atoms with E-state index in [9.17, 15) is 13.6 Å². The number of alkyl halides is 3. The van der Waals surface area contributed by atoms with Gasteiger partial charge in [0.05, 0.1) is 4.83 Å². The molecule has 1 atom stereocenters. The Morgan fingerprint density at radius 3 is 2.47 bits per heavy atom. The first-order valence-corrected chi connectivity index (χ1v) is 6.18. The van der Waals surface area contributed by atoms with Gasteiger partial charge in [0.25, 0.3) is 6.43 Å². The molecule has 1 rings (SSSR count). The molecule has 1 nitrogen and oxygen atoms in total. The van der Waals surface area contributed by atoms with Gasteiger partial charge in [-0.2, -0.15) is 0 Å². The Bertz CT molecular complexity index is 380. The zero-order valence-corrected chi connectivity index (χ0v) is 11.6. The number of ketones is 1. The second-order valence-corrected chi connectivity index (χ2v) is 5.56. The lowest BCUT2D eigenvalue weighted by Gasteiger charge is -2.07. The number of carbonyl (C=O) groups excluding carboxylic acids is 1. The van der Waals surface area contributed by atoms with Gasteiger partial charge in [0.1, 0.15) is 0 Å². The van der Waals surface area contributed by atoms with Crippen molar-refractivity contribution >= 4 is 44.3 Å². The van der Waals surface area contributed by atoms with E-state index in [1.165, 1.54) is 18.2 Å². The van der Waals surface area contributed by atoms with Gasteiger partial charge in [-0.25, -0.2) is 8.78 Å². The van der Waals surface area contributed by atoms with E-state index in [0.29, 0.717) is 9.13 Å². The van der Waals surface area contributed by atoms with E-state index in [4.69, 9.17) is 0 Å². The third kappa shape index (κ3) is 3.21. The molecule has 0 fully saturated rings. The first-order valence-electron chi connectivity index (χ1n) is 4.19. The Kier molecular flexibility index (Phi) is 4.64. The van der Waals surface area contributed by atoms with Gasteiger partial charge in [-0.3, -0.25) is 4.79 Å². The van der Waals surface area contributed by atoms with Gasteiger partial charge in [-0.05, 0) is 41.6 Å². The topological polar surface area (TPSA) is 17.1 Å². The first-order chi connectivity index (χ1) is 6.93. The van der Waals surface area contributed by atoms with E-state index in [2.05, 4.69) is 15.9 Å². The molecule has 15 heavy (non-hydrogen) atoms. The third-order valence-electron chi connectivity index (χ3n) is 1.87. The zero-order chi connectivity index (χ0) is 11.6. The van der Waals surface area contributed by atoms with Crippen molar-refractivity contribution in [2.45, 2.75) is 18.2 Å². The van der Waals surface area contributed by atoms with Crippen LogP contribution in [0.4, 0.5) is 8.78 Å². The van der Waals surface area contributed by atoms with Crippen LogP contribution in [-0.4, -0.2) is 10.6 Å². The third-order valence-corrected chi connectivity index (χ3v) is 3.18. The number of hydrogen-bond acceptors (Lipinski definition) is 1. The first kappa shape index (κ1) is 13.0. The summed E-state index contributed by atoms with van der Waals surface area (Å²) in [5, 5.41) is 0. The van der Waals surface area contributed by atoms with Crippen LogP contribution >= 0.6 is 38.5 Å². The molecular weight excluding hydrogens is 381 g/mol. The fourth-order valence-corrected chi connectivity index (χ4v) is 2.13. The van der Waals surface area contributed by atoms with E-state index in [1.807, 2.05) is 22.6 Å². The molecule has 0 radical (unpaired) electrons. The summed E-state index contributed by atoms with van der Waals surface area (Å²) < 4.78 is 25.2. The SMILES string of the molecule is CC(Br)C(=O)c1ccc(C(F)F)cc1I. The summed E-state index contributed by atoms with van der Waals surface area (Å²) in [5.74, 6) is -0.0970. The van der Waals surface area contributed by atoms with E-state index in [0.717, 1.165) is 0 Å². The number of halogens is 4. The Hall–Kier alpha value is -0.0400. The molecule has 0 spiro atoms. The average molecular weight is 389 g/mol. The number of rotatable bonds is 3. The molecule has 1 aromatic carbocycles. The lowest BCUT2D eigenvalue weighted by molar-refractivity contribution is 0.0994. The highest BCUT2D eigenvalue weighted by atomic mass is 127. The van der Waals surface area contributed by atoms with Gasteiger partial charge in [-0.15, -0.1) is 0 Å². The second kappa shape index (κ2) is 5.34. The Balaban J connectivity index is 3.08. The molecule has 0 heterocycles. The van der Waals surface area contributed by atoms with E-state index in [-0.39, 0.29) is 16.2 Å². The highest BCUT2D eigenvalue weighted by Gasteiger charge is 2.17. The number of benzene rings is 1. The van der Waals surface area contributed by atoms with Crippen LogP contribution in [0.15, 0.2) is 18.2 Å². The minimum absolute atomic E-state index is 0.0572. The van der Waals surface area contributed by atoms with Gasteiger partial charge in [0.2, 0.25) is 0 Å². The Morgan fingerprint density at radius 2 is 2.07 bits per heavy atom. The minimum atomic E-state index is -2.50. The van der Waals surface area contributed by atoms with Crippen LogP contribution in [0, 0.1) is 3.57 Å². The average Bonchev–Trinajstić information content (AvgIpc) is 2.16. The zero-order valence-electron chi connectivity index (χ0n) is 7.81. The molecule has 1 aromatic rings. The van der Waals surface area contributed by atoms with Crippen LogP contribution in [0.5, 0.6) is 0 Å². The smallest absolute Gasteiger partial charge is 0.263 e. The molecule has 0 N–H and O–H groups in total. The van der Waals surface area contributed by atoms with Crippen molar-refractivity contribution in [1.82, 2.24) is 0 Å². The summed E-state index contributed by atoms with van der Waals surface area (Å²) in [4.78, 5) is 11.3. The van der Waals surface area contributed by atoms with Gasteiger partial charge in [0.15, 0.2) is 5.78 Å². The van der Waals surface area contributed by atoms with Crippen molar-refractivity contribution in [3.63, 3.8) is 0 Å². The standard InChI is InChI=1S/C10H8BrF2IO/c1-5(11)9(15)7-3-2-6(10(12)13)4-8(7)14/h2-5,10H,1H3. The summed E-state index contributed by atoms with van der Waals surface area (Å²) in [6.07, 6.45) is -2.50. The molecule has 0 saturated carbocycles. The van der Waals surface area contributed by atoms with Crippen LogP contribution in [0.25, 0.3) is 0 Å². The molecule has 82 valence electrons. The van der Waals surface area contributed by atoms with Gasteiger partial charge >= 0.3 is 0 Å². The van der Waals surface area contributed by atoms with Crippen LogP contribution in [-0.2, 0) is 0 Å². The van der Waals surface area contributed by atoms with Gasteiger partial charge in [-0.1, -0.05) is 22.0 Å². The number of hydrogen-bond donors (Lipinski definition) is 0. The van der Waals surface area contributed by atoms with Crippen LogP contribution in [0.3, 0.4) is 0 Å². The molecule has 0 aliphatic heterocycles. The van der Waals surface area contributed by atoms with Crippen molar-refractivity contribution in [2.75, 3.05) is 0 Å². The van der Waals surface area contributed by atoms with Gasteiger partial charge in [0, 0.05) is 14.7 Å². The Morgan fingerprint density at radius 1 is 1.47 bits per heavy atom. The maximum absolute atomic E-state index is 12.3. The lowest BCUT2D eigenvalue weighted by atomic mass is 10.1. The fourth-order valence-electron chi connectivity index (χ4n) is 1.08. The molecule has 0 saturated heterocycles. The van der Waals surface area contributed by atoms with Crippen LogP contribution < -0.4 is 0 Å². The normalized spacial score (nSPS) is 12.9. The lowest BCUT2D eigenvalue weighted by Crippen LogP contribution is -2.11. The Labute approximate surface area is 109 Å². The minimum Gasteiger partial charge on any atom is -0.293 e. The molecule has 0 amide bonds. The summed E-state index contributed by atoms with van der Waals surface area (Å²) in [7, 11) is 0. The summed E-state index contributed by atoms with van der Waals surface area (Å²) >= 11 is 5.05. The summed E-state index contributed by atoms with van der Waals surface area (Å²) in [6, 6.07) is 4.08. The second-order valence-electron chi connectivity index (χ2n) is 3.02. The highest BCUT2D eigenvalue weighted by molar-refractivity contribution is 14.1. The molecule has 0 aliphatic rings. The van der Waals surface area contributed by atoms with Crippen molar-refractivity contribution < 1.29 is 13.6 Å². The molecule has 0 bridgehead atoms. The predicted molar refractivity (Wildman–Crippen MR) is 66.8 cm³/mol. The maximum atomic E-state index is 12.3. The van der Waals surface area contributed by atoms with E-state index < -0.39 is 6.43 Å². The predicted octanol–water partition coefficient (Wildman–Crippen LogP) is 4.19. The molecular formula is C10H8BrF2IO. The van der Waals surface area contributed by atoms with Crippen molar-refractivity contribution in [2.24, 2.45) is 0 Å². The quantitative estimate of drug-likeness (QED) is 0.431. The largest absolute Gasteiger partial charge is 0.293 e. The van der Waals surface area contributed by atoms with Crippen molar-refractivity contribution in [3.05, 3.63) is 32.9 Å². The van der Waals surface area contributed by atoms with E-state index in [1.54, 1.807) is 6.92 Å². The molecule has 5 heteroatoms. The van der Waals surface area contributed by atoms with E-state index >= 15 is 0 Å². The van der Waals surface area contributed by atoms with Crippen molar-refractivity contribution in [1.29, 1.82) is 0 Å². The number of Topliss-reactive ketones (excluding diaryl/α,β-unsaturated/α-hetero) is 1. The van der Waals surface area contributed by atoms with Crippen molar-refractivity contribution in [3.8, 4) is 0 Å². The number of carbonyl (C=O) groups is 1. The van der Waals surface area contributed by atoms with Crippen LogP contribution in [0.2, 0.25) is 0 Å². The monoisotopic (exact) mass is 388 g/mol. The maximum Gasteiger partial charge on any atom is 0.263 e.